The molecule has 218 valence electrons. The number of carbonyl (C=O) groups excluding carboxylic acids is 4. The van der Waals surface area contributed by atoms with E-state index in [9.17, 15) is 19.2 Å². The van der Waals surface area contributed by atoms with Crippen LogP contribution in [-0.4, -0.2) is 57.1 Å². The number of carbonyl (C=O) groups is 4. The molecule has 4 aromatic rings. The summed E-state index contributed by atoms with van der Waals surface area (Å²) >= 11 is 0. The van der Waals surface area contributed by atoms with Gasteiger partial charge in [0, 0.05) is 41.1 Å². The molecule has 0 aliphatic heterocycles. The van der Waals surface area contributed by atoms with E-state index in [-0.39, 0.29) is 18.9 Å². The highest BCUT2D eigenvalue weighted by Crippen LogP contribution is 2.21. The number of amides is 3. The van der Waals surface area contributed by atoms with Crippen LogP contribution in [0.4, 0.5) is 16.2 Å². The zero-order valence-corrected chi connectivity index (χ0v) is 23.7. The molecule has 0 saturated heterocycles. The summed E-state index contributed by atoms with van der Waals surface area (Å²) in [5.41, 5.74) is 1.95. The van der Waals surface area contributed by atoms with Gasteiger partial charge in [0.25, 0.3) is 5.91 Å². The Labute approximate surface area is 242 Å². The molecule has 42 heavy (non-hydrogen) atoms. The van der Waals surface area contributed by atoms with Gasteiger partial charge in [0.2, 0.25) is 11.7 Å². The van der Waals surface area contributed by atoms with Gasteiger partial charge in [-0.05, 0) is 75.7 Å². The summed E-state index contributed by atoms with van der Waals surface area (Å²) in [6.07, 6.45) is 2.35. The smallest absolute Gasteiger partial charge is 0.408 e. The van der Waals surface area contributed by atoms with Crippen molar-refractivity contribution in [3.05, 3.63) is 84.1 Å². The van der Waals surface area contributed by atoms with Crippen LogP contribution < -0.4 is 16.0 Å². The first kappa shape index (κ1) is 29.7. The Morgan fingerprint density at radius 2 is 1.62 bits per heavy atom. The van der Waals surface area contributed by atoms with Crippen molar-refractivity contribution >= 4 is 46.2 Å². The first-order valence-corrected chi connectivity index (χ1v) is 13.3. The number of alkyl carbamates (subject to hydrolysis) is 1. The van der Waals surface area contributed by atoms with Crippen LogP contribution in [0.1, 0.15) is 54.4 Å². The van der Waals surface area contributed by atoms with Crippen molar-refractivity contribution in [2.45, 2.75) is 45.8 Å². The molecule has 0 saturated carbocycles. The summed E-state index contributed by atoms with van der Waals surface area (Å²) in [5.74, 6) is -1.37. The molecule has 3 amide bonds. The summed E-state index contributed by atoms with van der Waals surface area (Å²) in [4.78, 5) is 61.3. The lowest BCUT2D eigenvalue weighted by Gasteiger charge is -2.23. The lowest BCUT2D eigenvalue weighted by atomic mass is 10.0. The van der Waals surface area contributed by atoms with Gasteiger partial charge in [0.1, 0.15) is 17.3 Å². The third-order valence-corrected chi connectivity index (χ3v) is 5.81. The lowest BCUT2D eigenvalue weighted by Crippen LogP contribution is -2.47. The largest absolute Gasteiger partial charge is 0.461 e. The monoisotopic (exact) mass is 572 g/mol. The lowest BCUT2D eigenvalue weighted by molar-refractivity contribution is -0.118. The van der Waals surface area contributed by atoms with E-state index in [1.54, 1.807) is 82.3 Å². The Hall–Kier alpha value is -5.26. The van der Waals surface area contributed by atoms with Crippen LogP contribution in [0.3, 0.4) is 0 Å². The number of rotatable bonds is 9. The molecular formula is C30H32N6O6. The molecule has 4 rings (SSSR count). The maximum absolute atomic E-state index is 13.4. The first-order chi connectivity index (χ1) is 20.0. The van der Waals surface area contributed by atoms with Crippen LogP contribution in [0.25, 0.3) is 10.9 Å². The molecule has 0 spiro atoms. The first-order valence-electron chi connectivity index (χ1n) is 13.3. The minimum Gasteiger partial charge on any atom is -0.461 e. The molecule has 12 heteroatoms. The highest BCUT2D eigenvalue weighted by molar-refractivity contribution is 6.02. The second kappa shape index (κ2) is 12.9. The number of aromatic amines is 1. The van der Waals surface area contributed by atoms with Gasteiger partial charge in [-0.2, -0.15) is 0 Å². The average molecular weight is 573 g/mol. The van der Waals surface area contributed by atoms with Crippen LogP contribution in [0.15, 0.2) is 67.0 Å². The highest BCUT2D eigenvalue weighted by atomic mass is 16.6. The minimum atomic E-state index is -0.991. The van der Waals surface area contributed by atoms with Crippen molar-refractivity contribution in [1.29, 1.82) is 0 Å². The number of hydrogen-bond acceptors (Lipinski definition) is 8. The molecule has 0 fully saturated rings. The van der Waals surface area contributed by atoms with Crippen LogP contribution in [0, 0.1) is 0 Å². The molecule has 0 aliphatic carbocycles. The number of nitrogens with one attached hydrogen (secondary N) is 4. The van der Waals surface area contributed by atoms with Crippen molar-refractivity contribution in [2.75, 3.05) is 17.2 Å². The zero-order chi connectivity index (χ0) is 30.3. The van der Waals surface area contributed by atoms with Crippen LogP contribution >= 0.6 is 0 Å². The maximum atomic E-state index is 13.4. The van der Waals surface area contributed by atoms with Crippen LogP contribution in [0.2, 0.25) is 0 Å². The summed E-state index contributed by atoms with van der Waals surface area (Å²) in [6.45, 7) is 7.16. The summed E-state index contributed by atoms with van der Waals surface area (Å²) in [6, 6.07) is 14.2. The third-order valence-electron chi connectivity index (χ3n) is 5.81. The molecule has 12 nitrogen and oxygen atoms in total. The molecule has 2 aromatic heterocycles. The van der Waals surface area contributed by atoms with Crippen LogP contribution in [-0.2, 0) is 20.7 Å². The molecule has 0 radical (unpaired) electrons. The Balaban J connectivity index is 1.48. The standard InChI is InChI=1S/C30H32N6O6/c1-5-41-28(39)24-17-19-16-21(11-12-22(19)35-24)34-26(37)23(36-29(40)42-30(2,3)4)15-18-7-9-20(10-8-18)33-27(38)25-31-13-6-14-32-25/h6-14,16-17,23,35H,5,15H2,1-4H3,(H,33,38)(H,34,37)(H,36,40). The quantitative estimate of drug-likeness (QED) is 0.214. The Morgan fingerprint density at radius 3 is 2.29 bits per heavy atom. The van der Waals surface area contributed by atoms with Crippen molar-refractivity contribution < 1.29 is 28.7 Å². The van der Waals surface area contributed by atoms with E-state index < -0.39 is 35.5 Å². The molecule has 0 bridgehead atoms. The van der Waals surface area contributed by atoms with Gasteiger partial charge in [0.05, 0.1) is 6.61 Å². The van der Waals surface area contributed by atoms with Crippen molar-refractivity contribution in [3.8, 4) is 0 Å². The maximum Gasteiger partial charge on any atom is 0.408 e. The van der Waals surface area contributed by atoms with E-state index in [1.165, 1.54) is 12.4 Å². The number of hydrogen-bond donors (Lipinski definition) is 4. The fourth-order valence-electron chi connectivity index (χ4n) is 3.98. The predicted molar refractivity (Wildman–Crippen MR) is 156 cm³/mol. The second-order valence-corrected chi connectivity index (χ2v) is 10.3. The highest BCUT2D eigenvalue weighted by Gasteiger charge is 2.25. The number of benzene rings is 2. The number of esters is 1. The number of anilines is 2. The van der Waals surface area contributed by atoms with E-state index >= 15 is 0 Å². The van der Waals surface area contributed by atoms with E-state index in [0.29, 0.717) is 28.0 Å². The van der Waals surface area contributed by atoms with Gasteiger partial charge in [-0.1, -0.05) is 12.1 Å². The molecule has 2 aromatic carbocycles. The topological polar surface area (TPSA) is 164 Å². The van der Waals surface area contributed by atoms with Gasteiger partial charge in [0.15, 0.2) is 0 Å². The minimum absolute atomic E-state index is 0.0369. The van der Waals surface area contributed by atoms with Gasteiger partial charge in [-0.25, -0.2) is 19.6 Å². The van der Waals surface area contributed by atoms with Gasteiger partial charge >= 0.3 is 12.1 Å². The fraction of sp³-hybridized carbons (Fsp3) is 0.267. The van der Waals surface area contributed by atoms with E-state index in [4.69, 9.17) is 9.47 Å². The molecule has 1 atom stereocenters. The number of fused-ring (bicyclic) bond motifs is 1. The second-order valence-electron chi connectivity index (χ2n) is 10.3. The van der Waals surface area contributed by atoms with Gasteiger partial charge in [-0.3, -0.25) is 9.59 Å². The van der Waals surface area contributed by atoms with E-state index in [1.807, 2.05) is 0 Å². The Kier molecular flexibility index (Phi) is 9.15. The number of aromatic nitrogens is 3. The average Bonchev–Trinajstić information content (AvgIpc) is 3.37. The molecule has 2 heterocycles. The molecule has 1 unspecified atom stereocenters. The number of nitrogens with zero attached hydrogens (tertiary/aromatic N) is 2. The van der Waals surface area contributed by atoms with Crippen LogP contribution in [0.5, 0.6) is 0 Å². The molecule has 4 N–H and O–H groups in total. The van der Waals surface area contributed by atoms with Crippen molar-refractivity contribution in [3.63, 3.8) is 0 Å². The Bertz CT molecular complexity index is 1580. The molecule has 0 aliphatic rings. The predicted octanol–water partition coefficient (Wildman–Crippen LogP) is 4.46. The normalized spacial score (nSPS) is 11.8. The summed E-state index contributed by atoms with van der Waals surface area (Å²) in [5, 5.41) is 8.90. The summed E-state index contributed by atoms with van der Waals surface area (Å²) in [7, 11) is 0. The SMILES string of the molecule is CCOC(=O)c1cc2cc(NC(=O)C(Cc3ccc(NC(=O)c4ncccn4)cc3)NC(=O)OC(C)(C)C)ccc2[nH]1. The zero-order valence-electron chi connectivity index (χ0n) is 23.7. The fourth-order valence-corrected chi connectivity index (χ4v) is 3.98. The number of ether oxygens (including phenoxy) is 2. The molecular weight excluding hydrogens is 540 g/mol. The summed E-state index contributed by atoms with van der Waals surface area (Å²) < 4.78 is 10.4. The van der Waals surface area contributed by atoms with Gasteiger partial charge < -0.3 is 30.4 Å². The number of H-pyrrole nitrogens is 1. The van der Waals surface area contributed by atoms with Gasteiger partial charge in [-0.15, -0.1) is 0 Å². The van der Waals surface area contributed by atoms with E-state index in [2.05, 4.69) is 30.9 Å². The van der Waals surface area contributed by atoms with Crippen molar-refractivity contribution in [2.24, 2.45) is 0 Å². The van der Waals surface area contributed by atoms with Crippen molar-refractivity contribution in [1.82, 2.24) is 20.3 Å². The Morgan fingerprint density at radius 1 is 0.929 bits per heavy atom. The van der Waals surface area contributed by atoms with E-state index in [0.717, 1.165) is 5.56 Å². The third kappa shape index (κ3) is 8.13.